The summed E-state index contributed by atoms with van der Waals surface area (Å²) in [7, 11) is 0. The summed E-state index contributed by atoms with van der Waals surface area (Å²) in [5, 5.41) is 0. The Morgan fingerprint density at radius 1 is 1.07 bits per heavy atom. The molecule has 1 atom stereocenters. The van der Waals surface area contributed by atoms with Crippen molar-refractivity contribution in [3.63, 3.8) is 0 Å². The number of hydrogen-bond acceptors (Lipinski definition) is 4. The molecular formula is C21H25F3N2O4. The third-order valence-electron chi connectivity index (χ3n) is 6.16. The van der Waals surface area contributed by atoms with Crippen LogP contribution < -0.4 is 0 Å². The molecule has 1 aromatic rings. The number of amides is 2. The fourth-order valence-corrected chi connectivity index (χ4v) is 4.62. The summed E-state index contributed by atoms with van der Waals surface area (Å²) >= 11 is 0. The Morgan fingerprint density at radius 2 is 1.77 bits per heavy atom. The molecule has 30 heavy (non-hydrogen) atoms. The lowest BCUT2D eigenvalue weighted by atomic mass is 9.89. The van der Waals surface area contributed by atoms with E-state index in [1.54, 1.807) is 4.90 Å². The average Bonchev–Trinajstić information content (AvgIpc) is 3.11. The highest BCUT2D eigenvalue weighted by atomic mass is 19.4. The quantitative estimate of drug-likeness (QED) is 0.730. The molecule has 1 spiro atoms. The lowest BCUT2D eigenvalue weighted by Gasteiger charge is -2.42. The highest BCUT2D eigenvalue weighted by Gasteiger charge is 2.53. The van der Waals surface area contributed by atoms with Crippen LogP contribution in [0.15, 0.2) is 24.3 Å². The molecule has 2 saturated heterocycles. The number of rotatable bonds is 2. The molecule has 1 aromatic carbocycles. The third kappa shape index (κ3) is 3.92. The maximum absolute atomic E-state index is 13.5. The van der Waals surface area contributed by atoms with Gasteiger partial charge in [0.25, 0.3) is 5.91 Å². The number of morpholine rings is 1. The van der Waals surface area contributed by atoms with Gasteiger partial charge in [-0.05, 0) is 43.9 Å². The van der Waals surface area contributed by atoms with Gasteiger partial charge in [-0.25, -0.2) is 0 Å². The molecule has 2 aliphatic heterocycles. The van der Waals surface area contributed by atoms with Gasteiger partial charge in [-0.1, -0.05) is 12.5 Å². The summed E-state index contributed by atoms with van der Waals surface area (Å²) in [5.41, 5.74) is -1.90. The number of halogens is 3. The fourth-order valence-electron chi connectivity index (χ4n) is 4.62. The number of hydrogen-bond donors (Lipinski definition) is 0. The van der Waals surface area contributed by atoms with Crippen molar-refractivity contribution in [2.45, 2.75) is 50.0 Å². The molecular weight excluding hydrogens is 401 g/mol. The Labute approximate surface area is 172 Å². The van der Waals surface area contributed by atoms with Crippen molar-refractivity contribution in [2.24, 2.45) is 0 Å². The number of benzene rings is 1. The molecule has 9 heteroatoms. The molecule has 4 rings (SSSR count). The van der Waals surface area contributed by atoms with Crippen LogP contribution in [0, 0.1) is 0 Å². The van der Waals surface area contributed by atoms with E-state index >= 15 is 0 Å². The first-order valence-electron chi connectivity index (χ1n) is 10.3. The van der Waals surface area contributed by atoms with Gasteiger partial charge in [-0.15, -0.1) is 0 Å². The van der Waals surface area contributed by atoms with Crippen molar-refractivity contribution < 1.29 is 32.2 Å². The normalized spacial score (nSPS) is 24.3. The molecule has 164 valence electrons. The van der Waals surface area contributed by atoms with Gasteiger partial charge in [0.05, 0.1) is 25.4 Å². The zero-order chi connectivity index (χ0) is 21.4. The van der Waals surface area contributed by atoms with Crippen molar-refractivity contribution >= 4 is 11.8 Å². The van der Waals surface area contributed by atoms with Crippen molar-refractivity contribution in [1.29, 1.82) is 0 Å². The van der Waals surface area contributed by atoms with E-state index in [4.69, 9.17) is 9.47 Å². The maximum Gasteiger partial charge on any atom is 0.416 e. The van der Waals surface area contributed by atoms with Crippen LogP contribution in [-0.4, -0.2) is 66.3 Å². The van der Waals surface area contributed by atoms with Crippen LogP contribution in [0.3, 0.4) is 0 Å². The van der Waals surface area contributed by atoms with E-state index in [2.05, 4.69) is 0 Å². The number of carbonyl (C=O) groups excluding carboxylic acids is 2. The number of carbonyl (C=O) groups is 2. The summed E-state index contributed by atoms with van der Waals surface area (Å²) in [6.45, 7) is 1.75. The van der Waals surface area contributed by atoms with Gasteiger partial charge in [-0.3, -0.25) is 14.5 Å². The lowest BCUT2D eigenvalue weighted by Crippen LogP contribution is -2.58. The Hall–Kier alpha value is -2.13. The monoisotopic (exact) mass is 426 g/mol. The van der Waals surface area contributed by atoms with Crippen molar-refractivity contribution in [1.82, 2.24) is 9.80 Å². The zero-order valence-electron chi connectivity index (χ0n) is 16.6. The van der Waals surface area contributed by atoms with Gasteiger partial charge in [0.15, 0.2) is 0 Å². The third-order valence-corrected chi connectivity index (χ3v) is 6.16. The summed E-state index contributed by atoms with van der Waals surface area (Å²) in [6.07, 6.45) is -0.729. The average molecular weight is 426 g/mol. The predicted octanol–water partition coefficient (Wildman–Crippen LogP) is 3.07. The maximum atomic E-state index is 13.5. The molecule has 2 heterocycles. The van der Waals surface area contributed by atoms with Crippen LogP contribution in [0.4, 0.5) is 13.2 Å². The summed E-state index contributed by atoms with van der Waals surface area (Å²) < 4.78 is 50.9. The molecule has 2 amide bonds. The van der Waals surface area contributed by atoms with Gasteiger partial charge in [0.1, 0.15) is 11.8 Å². The van der Waals surface area contributed by atoms with Crippen LogP contribution in [0.25, 0.3) is 0 Å². The topological polar surface area (TPSA) is 59.1 Å². The van der Waals surface area contributed by atoms with E-state index in [0.29, 0.717) is 39.1 Å². The molecule has 0 aromatic heterocycles. The minimum atomic E-state index is -4.55. The van der Waals surface area contributed by atoms with E-state index in [-0.39, 0.29) is 18.1 Å². The molecule has 0 unspecified atom stereocenters. The van der Waals surface area contributed by atoms with Crippen LogP contribution in [-0.2, 0) is 20.4 Å². The van der Waals surface area contributed by atoms with Gasteiger partial charge < -0.3 is 14.4 Å². The van der Waals surface area contributed by atoms with Gasteiger partial charge in [0.2, 0.25) is 5.91 Å². The first-order chi connectivity index (χ1) is 14.3. The van der Waals surface area contributed by atoms with Gasteiger partial charge in [0, 0.05) is 18.7 Å². The molecule has 6 nitrogen and oxygen atoms in total. The first-order valence-corrected chi connectivity index (χ1v) is 10.3. The second-order valence-corrected chi connectivity index (χ2v) is 8.03. The first kappa shape index (κ1) is 21.1. The molecule has 0 N–H and O–H groups in total. The van der Waals surface area contributed by atoms with Gasteiger partial charge in [-0.2, -0.15) is 13.2 Å². The predicted molar refractivity (Wildman–Crippen MR) is 101 cm³/mol. The molecule has 1 aliphatic carbocycles. The van der Waals surface area contributed by atoms with Crippen LogP contribution in [0.2, 0.25) is 0 Å². The molecule has 3 aliphatic rings. The summed E-state index contributed by atoms with van der Waals surface area (Å²) in [5.74, 6) is -0.826. The largest absolute Gasteiger partial charge is 0.416 e. The van der Waals surface area contributed by atoms with Gasteiger partial charge >= 0.3 is 6.18 Å². The van der Waals surface area contributed by atoms with E-state index < -0.39 is 29.4 Å². The number of nitrogens with zero attached hydrogens (tertiary/aromatic N) is 2. The van der Waals surface area contributed by atoms with Crippen LogP contribution in [0.1, 0.15) is 48.0 Å². The Kier molecular flexibility index (Phi) is 5.76. The second kappa shape index (κ2) is 8.19. The Balaban J connectivity index is 1.67. The van der Waals surface area contributed by atoms with E-state index in [1.807, 2.05) is 0 Å². The standard InChI is InChI=1S/C21H25F3N2O4/c22-21(23,24)16-6-4-5-15(13-16)18(27)26-17(19(28)25-9-11-29-12-10-25)14-30-20(26)7-2-1-3-8-20/h4-6,13,17H,1-3,7-12,14H2/t17-/m1/s1. The fraction of sp³-hybridized carbons (Fsp3) is 0.619. The van der Waals surface area contributed by atoms with Crippen molar-refractivity contribution in [2.75, 3.05) is 32.9 Å². The van der Waals surface area contributed by atoms with Crippen LogP contribution in [0.5, 0.6) is 0 Å². The van der Waals surface area contributed by atoms with Crippen molar-refractivity contribution in [3.05, 3.63) is 35.4 Å². The molecule has 0 bridgehead atoms. The molecule has 0 radical (unpaired) electrons. The van der Waals surface area contributed by atoms with Crippen LogP contribution >= 0.6 is 0 Å². The molecule has 3 fully saturated rings. The highest BCUT2D eigenvalue weighted by Crippen LogP contribution is 2.42. The zero-order valence-corrected chi connectivity index (χ0v) is 16.6. The Bertz CT molecular complexity index is 802. The number of ether oxygens (including phenoxy) is 2. The SMILES string of the molecule is O=C([C@H]1COC2(CCCCC2)N1C(=O)c1cccc(C(F)(F)F)c1)N1CCOCC1. The molecule has 1 saturated carbocycles. The Morgan fingerprint density at radius 3 is 2.43 bits per heavy atom. The lowest BCUT2D eigenvalue weighted by molar-refractivity contribution is -0.141. The van der Waals surface area contributed by atoms with E-state index in [0.717, 1.165) is 31.4 Å². The summed E-state index contributed by atoms with van der Waals surface area (Å²) in [6, 6.07) is 3.53. The minimum Gasteiger partial charge on any atom is -0.378 e. The van der Waals surface area contributed by atoms with E-state index in [9.17, 15) is 22.8 Å². The number of alkyl halides is 3. The van der Waals surface area contributed by atoms with E-state index in [1.165, 1.54) is 17.0 Å². The minimum absolute atomic E-state index is 0.0564. The smallest absolute Gasteiger partial charge is 0.378 e. The summed E-state index contributed by atoms with van der Waals surface area (Å²) in [4.78, 5) is 29.8. The van der Waals surface area contributed by atoms with Crippen molar-refractivity contribution in [3.8, 4) is 0 Å². The second-order valence-electron chi connectivity index (χ2n) is 8.03. The highest BCUT2D eigenvalue weighted by molar-refractivity contribution is 5.98.